The molecule has 5 rings (SSSR count). The minimum Gasteiger partial charge on any atom is -0.438 e. The van der Waals surface area contributed by atoms with Crippen molar-refractivity contribution in [2.45, 2.75) is 32.6 Å². The zero-order valence-corrected chi connectivity index (χ0v) is 24.5. The Hall–Kier alpha value is -4.71. The molecule has 2 aliphatic rings. The molecule has 10 nitrogen and oxygen atoms in total. The highest BCUT2D eigenvalue weighted by Crippen LogP contribution is 2.51. The van der Waals surface area contributed by atoms with Crippen molar-refractivity contribution in [1.82, 2.24) is 15.2 Å². The molecule has 2 aromatic carbocycles. The third kappa shape index (κ3) is 5.82. The van der Waals surface area contributed by atoms with Gasteiger partial charge in [-0.2, -0.15) is 5.10 Å². The van der Waals surface area contributed by atoms with Crippen molar-refractivity contribution in [3.8, 4) is 22.9 Å². The zero-order valence-electron chi connectivity index (χ0n) is 23.7. The van der Waals surface area contributed by atoms with Gasteiger partial charge in [0, 0.05) is 35.7 Å². The van der Waals surface area contributed by atoms with Crippen LogP contribution in [0.15, 0.2) is 71.3 Å². The first-order chi connectivity index (χ1) is 20.5. The van der Waals surface area contributed by atoms with Crippen LogP contribution in [0.4, 0.5) is 4.39 Å². The fraction of sp³-hybridized carbons (Fsp3) is 0.258. The van der Waals surface area contributed by atoms with E-state index in [0.717, 1.165) is 30.2 Å². The van der Waals surface area contributed by atoms with Crippen LogP contribution in [0.3, 0.4) is 0 Å². The number of amides is 3. The number of hydrogen-bond acceptors (Lipinski definition) is 8. The van der Waals surface area contributed by atoms with Crippen LogP contribution in [0.1, 0.15) is 54.1 Å². The number of ether oxygens (including phenoxy) is 1. The second-order valence-electron chi connectivity index (χ2n) is 10.9. The molecule has 1 atom stereocenters. The maximum atomic E-state index is 15.1. The van der Waals surface area contributed by atoms with Gasteiger partial charge in [-0.3, -0.25) is 14.4 Å². The van der Waals surface area contributed by atoms with Crippen LogP contribution < -0.4 is 21.6 Å². The Bertz CT molecular complexity index is 1670. The molecule has 0 saturated carbocycles. The fourth-order valence-corrected chi connectivity index (χ4v) is 5.94. The Balaban J connectivity index is 1.46. The zero-order chi connectivity index (χ0) is 30.9. The minimum absolute atomic E-state index is 0.0297. The number of nitrogens with zero attached hydrogens (tertiary/aromatic N) is 3. The van der Waals surface area contributed by atoms with Crippen LogP contribution in [-0.2, 0) is 9.59 Å². The van der Waals surface area contributed by atoms with Crippen LogP contribution >= 0.6 is 11.8 Å². The summed E-state index contributed by atoms with van der Waals surface area (Å²) in [6.45, 7) is 8.62. The molecule has 3 amide bonds. The monoisotopic (exact) mass is 602 g/mol. The highest BCUT2D eigenvalue weighted by atomic mass is 32.2. The largest absolute Gasteiger partial charge is 0.438 e. The number of likely N-dealkylation sites (tertiary alicyclic amines) is 1. The summed E-state index contributed by atoms with van der Waals surface area (Å²) in [5.74, 6) is 3.37. The van der Waals surface area contributed by atoms with E-state index in [9.17, 15) is 14.4 Å². The maximum absolute atomic E-state index is 15.1. The van der Waals surface area contributed by atoms with E-state index in [-0.39, 0.29) is 33.3 Å². The molecule has 3 aromatic rings. The number of nitrogens with one attached hydrogen (secondary N) is 1. The average Bonchev–Trinajstić information content (AvgIpc) is 3.53. The van der Waals surface area contributed by atoms with Crippen molar-refractivity contribution < 1.29 is 23.5 Å². The van der Waals surface area contributed by atoms with Crippen molar-refractivity contribution in [2.24, 2.45) is 22.1 Å². The van der Waals surface area contributed by atoms with Crippen molar-refractivity contribution in [2.75, 3.05) is 13.1 Å². The first-order valence-electron chi connectivity index (χ1n) is 13.6. The Kier molecular flexibility index (Phi) is 8.23. The first kappa shape index (κ1) is 29.8. The quantitative estimate of drug-likeness (QED) is 0.163. The second-order valence-corrected chi connectivity index (χ2v) is 11.9. The van der Waals surface area contributed by atoms with Gasteiger partial charge >= 0.3 is 0 Å². The van der Waals surface area contributed by atoms with Gasteiger partial charge in [-0.1, -0.05) is 50.8 Å². The van der Waals surface area contributed by atoms with Gasteiger partial charge < -0.3 is 26.5 Å². The molecule has 12 heteroatoms. The molecule has 1 aromatic heterocycles. The standard InChI is InChI=1S/C31H31FN6O4S/c1-17(43-28(37-34)26(33)39)35-30(41)31(2,3)25-20-8-4-5-9-24(20)42-27-21(25)12-13-23(36-27)18-10-11-19(22(32)16-18)29(40)38-14-6-7-15-38/h4-5,8-13,16,25H,1,6-7,14-15,34H2,2-3H3,(H2,33,39)(H,35,41)/b37-28-/t25-/m0/s1. The molecule has 0 spiro atoms. The topological polar surface area (TPSA) is 153 Å². The van der Waals surface area contributed by atoms with Crippen molar-refractivity contribution >= 4 is 34.5 Å². The number of pyridine rings is 1. The van der Waals surface area contributed by atoms with E-state index in [1.165, 1.54) is 12.1 Å². The van der Waals surface area contributed by atoms with Gasteiger partial charge in [0.15, 0.2) is 5.04 Å². The molecule has 3 heterocycles. The number of primary amides is 1. The van der Waals surface area contributed by atoms with Gasteiger partial charge in [0.1, 0.15) is 11.6 Å². The molecule has 0 radical (unpaired) electrons. The van der Waals surface area contributed by atoms with Crippen LogP contribution in [0, 0.1) is 11.2 Å². The molecule has 0 unspecified atom stereocenters. The van der Waals surface area contributed by atoms with E-state index in [1.54, 1.807) is 36.9 Å². The number of thioether (sulfide) groups is 1. The molecule has 0 aliphatic carbocycles. The number of hydrogen-bond donors (Lipinski definition) is 3. The molecular weight excluding hydrogens is 571 g/mol. The van der Waals surface area contributed by atoms with Gasteiger partial charge in [0.2, 0.25) is 11.8 Å². The van der Waals surface area contributed by atoms with Crippen LogP contribution in [-0.4, -0.2) is 45.7 Å². The van der Waals surface area contributed by atoms with Crippen LogP contribution in [0.25, 0.3) is 11.3 Å². The number of rotatable bonds is 6. The number of carbonyl (C=O) groups excluding carboxylic acids is 3. The highest BCUT2D eigenvalue weighted by Gasteiger charge is 2.44. The molecule has 1 fully saturated rings. The molecule has 0 bridgehead atoms. The summed E-state index contributed by atoms with van der Waals surface area (Å²) < 4.78 is 21.3. The van der Waals surface area contributed by atoms with Gasteiger partial charge in [-0.15, -0.1) is 0 Å². The Morgan fingerprint density at radius 3 is 2.51 bits per heavy atom. The van der Waals surface area contributed by atoms with Crippen molar-refractivity contribution in [1.29, 1.82) is 0 Å². The molecule has 2 aliphatic heterocycles. The molecule has 5 N–H and O–H groups in total. The molecular formula is C31H31FN6O4S. The number of benzene rings is 2. The van der Waals surface area contributed by atoms with Crippen LogP contribution in [0.5, 0.6) is 11.6 Å². The van der Waals surface area contributed by atoms with Crippen molar-refractivity contribution in [3.05, 3.63) is 88.7 Å². The van der Waals surface area contributed by atoms with E-state index in [4.69, 9.17) is 21.3 Å². The van der Waals surface area contributed by atoms with Crippen LogP contribution in [0.2, 0.25) is 0 Å². The number of fused-ring (bicyclic) bond motifs is 2. The average molecular weight is 603 g/mol. The Morgan fingerprint density at radius 1 is 1.12 bits per heavy atom. The SMILES string of the molecule is C=C(NC(=O)C(C)(C)[C@H]1c2ccccc2Oc2nc(-c3ccc(C(=O)N4CCCC4)c(F)c3)ccc21)S/C(=N\N)C(N)=O. The van der Waals surface area contributed by atoms with E-state index < -0.39 is 23.1 Å². The molecule has 222 valence electrons. The predicted octanol–water partition coefficient (Wildman–Crippen LogP) is 4.47. The lowest BCUT2D eigenvalue weighted by atomic mass is 9.69. The van der Waals surface area contributed by atoms with Gasteiger partial charge in [-0.05, 0) is 48.9 Å². The summed E-state index contributed by atoms with van der Waals surface area (Å²) in [6, 6.07) is 15.4. The Labute approximate surface area is 252 Å². The third-order valence-electron chi connectivity index (χ3n) is 7.63. The maximum Gasteiger partial charge on any atom is 0.276 e. The number of aromatic nitrogens is 1. The second kappa shape index (κ2) is 11.9. The fourth-order valence-electron chi connectivity index (χ4n) is 5.41. The van der Waals surface area contributed by atoms with E-state index in [2.05, 4.69) is 17.0 Å². The normalized spacial score (nSPS) is 16.1. The van der Waals surface area contributed by atoms with Crippen molar-refractivity contribution in [3.63, 3.8) is 0 Å². The lowest BCUT2D eigenvalue weighted by Gasteiger charge is -2.37. The van der Waals surface area contributed by atoms with Gasteiger partial charge in [0.25, 0.3) is 11.8 Å². The lowest BCUT2D eigenvalue weighted by Crippen LogP contribution is -2.41. The highest BCUT2D eigenvalue weighted by molar-refractivity contribution is 8.18. The number of halogens is 1. The van der Waals surface area contributed by atoms with Gasteiger partial charge in [0.05, 0.1) is 21.7 Å². The summed E-state index contributed by atoms with van der Waals surface area (Å²) in [5.41, 5.74) is 6.58. The number of carbonyl (C=O) groups is 3. The summed E-state index contributed by atoms with van der Waals surface area (Å²) in [5, 5.41) is 6.00. The van der Waals surface area contributed by atoms with Gasteiger partial charge in [-0.25, -0.2) is 9.37 Å². The predicted molar refractivity (Wildman–Crippen MR) is 163 cm³/mol. The minimum atomic E-state index is -1.07. The third-order valence-corrected chi connectivity index (χ3v) is 8.48. The Morgan fingerprint density at radius 2 is 1.84 bits per heavy atom. The van der Waals surface area contributed by atoms with E-state index in [1.807, 2.05) is 24.3 Å². The smallest absolute Gasteiger partial charge is 0.276 e. The number of nitrogens with two attached hydrogens (primary N) is 2. The summed E-state index contributed by atoms with van der Waals surface area (Å²) in [7, 11) is 0. The molecule has 43 heavy (non-hydrogen) atoms. The first-order valence-corrected chi connectivity index (χ1v) is 14.5. The van der Waals surface area contributed by atoms with E-state index >= 15 is 4.39 Å². The number of hydrazone groups is 1. The summed E-state index contributed by atoms with van der Waals surface area (Å²) in [4.78, 5) is 44.3. The number of para-hydroxylation sites is 1. The lowest BCUT2D eigenvalue weighted by molar-refractivity contribution is -0.129. The summed E-state index contributed by atoms with van der Waals surface area (Å²) in [6.07, 6.45) is 1.83. The summed E-state index contributed by atoms with van der Waals surface area (Å²) >= 11 is 0.758. The van der Waals surface area contributed by atoms with E-state index in [0.29, 0.717) is 35.7 Å². The molecule has 1 saturated heterocycles.